The molecule has 47 heavy (non-hydrogen) atoms. The highest BCUT2D eigenvalue weighted by atomic mass is 15.2. The maximum absolute atomic E-state index is 3.15. The van der Waals surface area contributed by atoms with E-state index < -0.39 is 0 Å². The lowest BCUT2D eigenvalue weighted by Crippen LogP contribution is -2.54. The van der Waals surface area contributed by atoms with Crippen LogP contribution < -0.4 is 0 Å². The number of nitrogens with zero attached hydrogens (tertiary/aromatic N) is 1. The van der Waals surface area contributed by atoms with Gasteiger partial charge in [0.05, 0.1) is 0 Å². The molecule has 10 unspecified atom stereocenters. The van der Waals surface area contributed by atoms with Gasteiger partial charge in [-0.15, -0.1) is 0 Å². The van der Waals surface area contributed by atoms with Crippen molar-refractivity contribution in [2.24, 2.45) is 47.3 Å². The molecule has 7 aliphatic rings. The number of likely N-dealkylation sites (tertiary alicyclic amines) is 1. The first-order valence-corrected chi connectivity index (χ1v) is 21.0. The van der Waals surface area contributed by atoms with E-state index in [-0.39, 0.29) is 0 Å². The van der Waals surface area contributed by atoms with Crippen molar-refractivity contribution in [1.82, 2.24) is 4.90 Å². The van der Waals surface area contributed by atoms with Crippen molar-refractivity contribution in [1.29, 1.82) is 0 Å². The van der Waals surface area contributed by atoms with E-state index in [1.165, 1.54) is 135 Å². The van der Waals surface area contributed by atoms with Crippen LogP contribution in [-0.2, 0) is 0 Å². The first kappa shape index (κ1) is 33.9. The third kappa shape index (κ3) is 7.47. The standard InChI is InChI=1S/C46H69N/c1-4-6-16-34(15-5-2)37-19-14-20-38(29-37)39-27-28-43-33(3)42-23-12-13-24-44(42)45(40-26-25-35-17-10-11-18-36(35)30-40)32-47(46(43)31-39)41-21-8-7-9-22-41/h6,8,14,16,20-21,28,30,33-34,37-39,41-42,44-46H,4-5,7,9-13,15,17-19,22-27,29,31-32H2,1-3H3/b16-6-. The summed E-state index contributed by atoms with van der Waals surface area (Å²) in [4.78, 5) is 3.15. The second kappa shape index (κ2) is 16.0. The Balaban J connectivity index is 1.21. The normalized spacial score (nSPS) is 38.9. The monoisotopic (exact) mass is 636 g/mol. The fraction of sp³-hybridized carbons (Fsp3) is 0.739. The summed E-state index contributed by atoms with van der Waals surface area (Å²) in [5, 5.41) is 0. The average molecular weight is 636 g/mol. The van der Waals surface area contributed by atoms with Crippen molar-refractivity contribution in [3.63, 3.8) is 0 Å². The van der Waals surface area contributed by atoms with Gasteiger partial charge in [-0.25, -0.2) is 0 Å². The lowest BCUT2D eigenvalue weighted by atomic mass is 9.59. The minimum Gasteiger partial charge on any atom is -0.290 e. The summed E-state index contributed by atoms with van der Waals surface area (Å²) < 4.78 is 0. The molecule has 1 saturated carbocycles. The molecule has 0 aromatic heterocycles. The van der Waals surface area contributed by atoms with Gasteiger partial charge in [0.25, 0.3) is 0 Å². The maximum atomic E-state index is 3.15. The first-order valence-electron chi connectivity index (χ1n) is 21.0. The number of hydrogen-bond donors (Lipinski definition) is 0. The summed E-state index contributed by atoms with van der Waals surface area (Å²) in [5.41, 5.74) is 7.35. The molecule has 258 valence electrons. The number of hydrogen-bond acceptors (Lipinski definition) is 1. The molecule has 7 rings (SSSR count). The van der Waals surface area contributed by atoms with Crippen molar-refractivity contribution in [2.75, 3.05) is 6.54 Å². The van der Waals surface area contributed by atoms with Crippen LogP contribution in [0.15, 0.2) is 70.9 Å². The third-order valence-corrected chi connectivity index (χ3v) is 14.6. The fourth-order valence-electron chi connectivity index (χ4n) is 12.1. The van der Waals surface area contributed by atoms with Gasteiger partial charge in [0.15, 0.2) is 0 Å². The molecule has 10 atom stereocenters. The van der Waals surface area contributed by atoms with Gasteiger partial charge in [-0.2, -0.15) is 0 Å². The molecule has 0 bridgehead atoms. The van der Waals surface area contributed by atoms with Crippen LogP contribution in [0.1, 0.15) is 149 Å². The zero-order valence-corrected chi connectivity index (χ0v) is 30.7. The largest absolute Gasteiger partial charge is 0.290 e. The van der Waals surface area contributed by atoms with E-state index in [1.807, 2.05) is 16.7 Å². The third-order valence-electron chi connectivity index (χ3n) is 14.6. The van der Waals surface area contributed by atoms with Crippen molar-refractivity contribution >= 4 is 0 Å². The summed E-state index contributed by atoms with van der Waals surface area (Å²) >= 11 is 0. The molecular weight excluding hydrogens is 567 g/mol. The van der Waals surface area contributed by atoms with Crippen molar-refractivity contribution in [3.8, 4) is 0 Å². The van der Waals surface area contributed by atoms with Crippen LogP contribution >= 0.6 is 0 Å². The molecule has 0 radical (unpaired) electrons. The van der Waals surface area contributed by atoms with Gasteiger partial charge in [-0.05, 0) is 162 Å². The van der Waals surface area contributed by atoms with E-state index in [1.54, 1.807) is 5.57 Å². The Morgan fingerprint density at radius 2 is 1.74 bits per heavy atom. The predicted octanol–water partition coefficient (Wildman–Crippen LogP) is 12.7. The summed E-state index contributed by atoms with van der Waals surface area (Å²) in [7, 11) is 0. The highest BCUT2D eigenvalue weighted by molar-refractivity contribution is 5.37. The molecule has 2 fully saturated rings. The number of rotatable bonds is 8. The summed E-state index contributed by atoms with van der Waals surface area (Å²) in [6.45, 7) is 8.70. The van der Waals surface area contributed by atoms with E-state index in [4.69, 9.17) is 0 Å². The van der Waals surface area contributed by atoms with Gasteiger partial charge in [-0.3, -0.25) is 4.90 Å². The van der Waals surface area contributed by atoms with Crippen LogP contribution in [0, 0.1) is 47.3 Å². The molecule has 0 aromatic rings. The van der Waals surface area contributed by atoms with Crippen LogP contribution in [0.25, 0.3) is 0 Å². The number of allylic oxidation sites excluding steroid dienone is 9. The van der Waals surface area contributed by atoms with Crippen LogP contribution in [-0.4, -0.2) is 23.5 Å². The van der Waals surface area contributed by atoms with Crippen molar-refractivity contribution < 1.29 is 0 Å². The van der Waals surface area contributed by atoms with Crippen molar-refractivity contribution in [2.45, 2.75) is 161 Å². The zero-order valence-electron chi connectivity index (χ0n) is 30.7. The number of fused-ring (bicyclic) bond motifs is 2. The van der Waals surface area contributed by atoms with Crippen molar-refractivity contribution in [3.05, 3.63) is 70.9 Å². The molecule has 6 aliphatic carbocycles. The lowest BCUT2D eigenvalue weighted by Gasteiger charge is -2.53. The fourth-order valence-corrected chi connectivity index (χ4v) is 12.1. The van der Waals surface area contributed by atoms with E-state index in [0.717, 1.165) is 47.3 Å². The Kier molecular flexibility index (Phi) is 11.5. The van der Waals surface area contributed by atoms with Gasteiger partial charge in [-0.1, -0.05) is 105 Å². The minimum absolute atomic E-state index is 0.627. The topological polar surface area (TPSA) is 3.24 Å². The molecule has 0 spiro atoms. The lowest BCUT2D eigenvalue weighted by molar-refractivity contribution is 0.0370. The molecule has 1 aliphatic heterocycles. The molecule has 0 aromatic carbocycles. The van der Waals surface area contributed by atoms with E-state index in [9.17, 15) is 0 Å². The maximum Gasteiger partial charge on any atom is 0.0319 e. The van der Waals surface area contributed by atoms with Crippen LogP contribution in [0.2, 0.25) is 0 Å². The molecule has 1 heteroatoms. The van der Waals surface area contributed by atoms with Gasteiger partial charge in [0, 0.05) is 18.6 Å². The summed E-state index contributed by atoms with van der Waals surface area (Å²) in [6.07, 6.45) is 48.6. The highest BCUT2D eigenvalue weighted by Crippen LogP contribution is 2.52. The van der Waals surface area contributed by atoms with Crippen LogP contribution in [0.3, 0.4) is 0 Å². The highest BCUT2D eigenvalue weighted by Gasteiger charge is 2.46. The van der Waals surface area contributed by atoms with Gasteiger partial charge < -0.3 is 0 Å². The SMILES string of the molecule is CC/C=C\C(CCC)C1CC=CC(C2CC=C3C(C)C4CCCCC4C(C4=CC5=C(CCCC5)CC4)CN(C4C=CCCC4)C3C2)C1. The average Bonchev–Trinajstić information content (AvgIpc) is 3.13. The van der Waals surface area contributed by atoms with Gasteiger partial charge in [0.1, 0.15) is 0 Å². The van der Waals surface area contributed by atoms with E-state index >= 15 is 0 Å². The van der Waals surface area contributed by atoms with Crippen LogP contribution in [0.5, 0.6) is 0 Å². The zero-order chi connectivity index (χ0) is 32.2. The quantitative estimate of drug-likeness (QED) is 0.240. The van der Waals surface area contributed by atoms with E-state index in [2.05, 4.69) is 74.3 Å². The molecule has 1 nitrogen and oxygen atoms in total. The predicted molar refractivity (Wildman–Crippen MR) is 202 cm³/mol. The summed E-state index contributed by atoms with van der Waals surface area (Å²) in [5.74, 6) is 6.39. The second-order valence-electron chi connectivity index (χ2n) is 17.2. The molecule has 0 amide bonds. The van der Waals surface area contributed by atoms with Gasteiger partial charge in [0.2, 0.25) is 0 Å². The Bertz CT molecular complexity index is 1240. The second-order valence-corrected chi connectivity index (χ2v) is 17.2. The Morgan fingerprint density at radius 1 is 0.872 bits per heavy atom. The molecule has 0 N–H and O–H groups in total. The smallest absolute Gasteiger partial charge is 0.0319 e. The van der Waals surface area contributed by atoms with Gasteiger partial charge >= 0.3 is 0 Å². The molecule has 1 heterocycles. The van der Waals surface area contributed by atoms with E-state index in [0.29, 0.717) is 12.1 Å². The molecule has 1 saturated heterocycles. The Hall–Kier alpha value is -1.60. The summed E-state index contributed by atoms with van der Waals surface area (Å²) in [6, 6.07) is 1.26. The Labute approximate surface area is 290 Å². The Morgan fingerprint density at radius 3 is 2.57 bits per heavy atom. The molecular formula is C46H69N. The minimum atomic E-state index is 0.627. The van der Waals surface area contributed by atoms with Crippen LogP contribution in [0.4, 0.5) is 0 Å². The first-order chi connectivity index (χ1) is 23.1.